The fourth-order valence-electron chi connectivity index (χ4n) is 2.81. The topological polar surface area (TPSA) is 59.0 Å². The maximum absolute atomic E-state index is 12.6. The van der Waals surface area contributed by atoms with Crippen LogP contribution >= 0.6 is 0 Å². The highest BCUT2D eigenvalue weighted by molar-refractivity contribution is 5.97. The lowest BCUT2D eigenvalue weighted by atomic mass is 9.91. The monoisotopic (exact) mass is 264 g/mol. The first-order chi connectivity index (χ1) is 9.09. The lowest BCUT2D eigenvalue weighted by molar-refractivity contribution is -0.122. The van der Waals surface area contributed by atoms with Crippen LogP contribution in [0.5, 0.6) is 0 Å². The van der Waals surface area contributed by atoms with Gasteiger partial charge in [-0.25, -0.2) is 4.68 Å². The van der Waals surface area contributed by atoms with Crippen molar-refractivity contribution in [3.8, 4) is 0 Å². The number of hydrogen-bond donors (Lipinski definition) is 2. The van der Waals surface area contributed by atoms with E-state index in [-0.39, 0.29) is 17.5 Å². The highest BCUT2D eigenvalue weighted by atomic mass is 16.2. The van der Waals surface area contributed by atoms with Gasteiger partial charge in [0, 0.05) is 12.1 Å². The number of anilines is 1. The predicted molar refractivity (Wildman–Crippen MR) is 76.1 cm³/mol. The van der Waals surface area contributed by atoms with E-state index in [0.29, 0.717) is 0 Å². The number of carbonyl (C=O) groups is 1. The Morgan fingerprint density at radius 1 is 1.63 bits per heavy atom. The molecule has 5 nitrogen and oxygen atoms in total. The van der Waals surface area contributed by atoms with Gasteiger partial charge in [-0.05, 0) is 39.7 Å². The van der Waals surface area contributed by atoms with Crippen molar-refractivity contribution >= 4 is 11.7 Å². The Kier molecular flexibility index (Phi) is 4.24. The molecule has 1 amide bonds. The van der Waals surface area contributed by atoms with E-state index < -0.39 is 0 Å². The quantitative estimate of drug-likeness (QED) is 0.858. The van der Waals surface area contributed by atoms with Crippen molar-refractivity contribution in [1.82, 2.24) is 15.1 Å². The van der Waals surface area contributed by atoms with Gasteiger partial charge >= 0.3 is 0 Å². The summed E-state index contributed by atoms with van der Waals surface area (Å²) < 4.78 is 1.84. The van der Waals surface area contributed by atoms with Crippen LogP contribution in [-0.4, -0.2) is 27.8 Å². The van der Waals surface area contributed by atoms with Crippen molar-refractivity contribution in [2.45, 2.75) is 58.0 Å². The number of rotatable bonds is 5. The molecule has 0 aromatic carbocycles. The molecule has 1 saturated heterocycles. The van der Waals surface area contributed by atoms with Gasteiger partial charge in [-0.2, -0.15) is 5.10 Å². The minimum Gasteiger partial charge on any atom is -0.309 e. The first kappa shape index (κ1) is 14.1. The first-order valence-corrected chi connectivity index (χ1v) is 7.19. The minimum absolute atomic E-state index is 0.0780. The fourth-order valence-corrected chi connectivity index (χ4v) is 2.81. The molecule has 1 fully saturated rings. The highest BCUT2D eigenvalue weighted by Crippen LogP contribution is 2.26. The summed E-state index contributed by atoms with van der Waals surface area (Å²) in [6.07, 6.45) is 5.60. The van der Waals surface area contributed by atoms with Crippen molar-refractivity contribution in [2.75, 3.05) is 11.9 Å². The second-order valence-corrected chi connectivity index (χ2v) is 5.57. The Labute approximate surface area is 114 Å². The Bertz CT molecular complexity index is 432. The van der Waals surface area contributed by atoms with Gasteiger partial charge in [-0.15, -0.1) is 0 Å². The minimum atomic E-state index is -0.388. The van der Waals surface area contributed by atoms with Crippen LogP contribution in [0.25, 0.3) is 0 Å². The van der Waals surface area contributed by atoms with Crippen LogP contribution in [-0.2, 0) is 4.79 Å². The van der Waals surface area contributed by atoms with Crippen LogP contribution < -0.4 is 10.6 Å². The van der Waals surface area contributed by atoms with Gasteiger partial charge in [0.05, 0.1) is 11.7 Å². The molecule has 0 saturated carbocycles. The van der Waals surface area contributed by atoms with Gasteiger partial charge in [0.2, 0.25) is 5.91 Å². The van der Waals surface area contributed by atoms with Crippen LogP contribution in [0.3, 0.4) is 0 Å². The first-order valence-electron chi connectivity index (χ1n) is 7.19. The molecular formula is C14H24N4O. The maximum Gasteiger partial charge on any atom is 0.245 e. The molecule has 1 unspecified atom stereocenters. The normalized spacial score (nSPS) is 22.9. The van der Waals surface area contributed by atoms with E-state index in [1.807, 2.05) is 10.7 Å². The molecule has 19 heavy (non-hydrogen) atoms. The Balaban J connectivity index is 2.13. The lowest BCUT2D eigenvalue weighted by Gasteiger charge is -2.28. The zero-order valence-corrected chi connectivity index (χ0v) is 12.1. The van der Waals surface area contributed by atoms with Gasteiger partial charge in [0.25, 0.3) is 0 Å². The molecule has 2 rings (SSSR count). The molecule has 2 N–H and O–H groups in total. The van der Waals surface area contributed by atoms with E-state index in [1.165, 1.54) is 0 Å². The third-order valence-electron chi connectivity index (χ3n) is 3.76. The summed E-state index contributed by atoms with van der Waals surface area (Å²) >= 11 is 0. The van der Waals surface area contributed by atoms with Crippen LogP contribution in [0.4, 0.5) is 5.82 Å². The zero-order chi connectivity index (χ0) is 13.9. The van der Waals surface area contributed by atoms with Crippen LogP contribution in [0.2, 0.25) is 0 Å². The van der Waals surface area contributed by atoms with E-state index in [2.05, 4.69) is 36.5 Å². The molecule has 2 heterocycles. The molecule has 0 aliphatic carbocycles. The zero-order valence-electron chi connectivity index (χ0n) is 12.1. The predicted octanol–water partition coefficient (Wildman–Crippen LogP) is 2.32. The third kappa shape index (κ3) is 2.81. The molecule has 106 valence electrons. The number of aromatic nitrogens is 2. The summed E-state index contributed by atoms with van der Waals surface area (Å²) in [6.45, 7) is 7.15. The van der Waals surface area contributed by atoms with E-state index in [1.54, 1.807) is 6.20 Å². The number of nitrogens with one attached hydrogen (secondary N) is 2. The standard InChI is InChI=1S/C14H24N4O/c1-4-7-14(8-5-9-15-14)13(19)17-12-6-10-16-18(12)11(2)3/h6,10-11,15H,4-5,7-9H2,1-3H3,(H,17,19). The van der Waals surface area contributed by atoms with Crippen LogP contribution in [0, 0.1) is 0 Å². The van der Waals surface area contributed by atoms with Crippen molar-refractivity contribution < 1.29 is 4.79 Å². The SMILES string of the molecule is CCCC1(C(=O)Nc2ccnn2C(C)C)CCCN1. The van der Waals surface area contributed by atoms with Gasteiger partial charge < -0.3 is 10.6 Å². The number of nitrogens with zero attached hydrogens (tertiary/aromatic N) is 2. The Hall–Kier alpha value is -1.36. The van der Waals surface area contributed by atoms with Crippen molar-refractivity contribution in [3.05, 3.63) is 12.3 Å². The Morgan fingerprint density at radius 3 is 3.00 bits per heavy atom. The summed E-state index contributed by atoms with van der Waals surface area (Å²) in [6, 6.07) is 2.09. The molecule has 0 bridgehead atoms. The van der Waals surface area contributed by atoms with Gasteiger partial charge in [-0.1, -0.05) is 13.3 Å². The van der Waals surface area contributed by atoms with Crippen molar-refractivity contribution in [2.24, 2.45) is 0 Å². The molecule has 5 heteroatoms. The molecule has 1 aliphatic rings. The van der Waals surface area contributed by atoms with E-state index in [4.69, 9.17) is 0 Å². The summed E-state index contributed by atoms with van der Waals surface area (Å²) in [4.78, 5) is 12.6. The summed E-state index contributed by atoms with van der Waals surface area (Å²) in [5.74, 6) is 0.860. The smallest absolute Gasteiger partial charge is 0.245 e. The van der Waals surface area contributed by atoms with Gasteiger partial charge in [-0.3, -0.25) is 4.79 Å². The van der Waals surface area contributed by atoms with Crippen LogP contribution in [0.1, 0.15) is 52.5 Å². The van der Waals surface area contributed by atoms with Crippen LogP contribution in [0.15, 0.2) is 12.3 Å². The van der Waals surface area contributed by atoms with E-state index in [9.17, 15) is 4.79 Å². The Morgan fingerprint density at radius 2 is 2.42 bits per heavy atom. The van der Waals surface area contributed by atoms with Gasteiger partial charge in [0.15, 0.2) is 0 Å². The number of hydrogen-bond acceptors (Lipinski definition) is 3. The third-order valence-corrected chi connectivity index (χ3v) is 3.76. The molecule has 1 atom stereocenters. The van der Waals surface area contributed by atoms with E-state index in [0.717, 1.165) is 38.0 Å². The maximum atomic E-state index is 12.6. The molecular weight excluding hydrogens is 240 g/mol. The van der Waals surface area contributed by atoms with Crippen molar-refractivity contribution in [1.29, 1.82) is 0 Å². The number of carbonyl (C=O) groups excluding carboxylic acids is 1. The molecule has 1 aliphatic heterocycles. The summed E-state index contributed by atoms with van der Waals surface area (Å²) in [7, 11) is 0. The summed E-state index contributed by atoms with van der Waals surface area (Å²) in [5.41, 5.74) is -0.388. The lowest BCUT2D eigenvalue weighted by Crippen LogP contribution is -2.50. The van der Waals surface area contributed by atoms with Gasteiger partial charge in [0.1, 0.15) is 5.82 Å². The largest absolute Gasteiger partial charge is 0.309 e. The second kappa shape index (κ2) is 5.74. The summed E-state index contributed by atoms with van der Waals surface area (Å²) in [5, 5.41) is 10.7. The molecule has 1 aromatic rings. The number of amides is 1. The molecule has 0 radical (unpaired) electrons. The second-order valence-electron chi connectivity index (χ2n) is 5.57. The highest BCUT2D eigenvalue weighted by Gasteiger charge is 2.40. The molecule has 0 spiro atoms. The average molecular weight is 264 g/mol. The van der Waals surface area contributed by atoms with E-state index >= 15 is 0 Å². The van der Waals surface area contributed by atoms with Crippen molar-refractivity contribution in [3.63, 3.8) is 0 Å². The fraction of sp³-hybridized carbons (Fsp3) is 0.714. The molecule has 1 aromatic heterocycles. The average Bonchev–Trinajstić information content (AvgIpc) is 2.99.